The van der Waals surface area contributed by atoms with Gasteiger partial charge in [0.05, 0.1) is 17.4 Å². The fourth-order valence-electron chi connectivity index (χ4n) is 5.38. The molecule has 4 atom stereocenters. The number of hydrogen-bond acceptors (Lipinski definition) is 6. The highest BCUT2D eigenvalue weighted by Crippen LogP contribution is 2.51. The van der Waals surface area contributed by atoms with Crippen molar-refractivity contribution in [1.82, 2.24) is 20.9 Å². The van der Waals surface area contributed by atoms with Gasteiger partial charge in [0.15, 0.2) is 0 Å². The van der Waals surface area contributed by atoms with Crippen LogP contribution in [-0.2, 0) is 4.79 Å². The van der Waals surface area contributed by atoms with Crippen molar-refractivity contribution in [3.8, 4) is 11.5 Å². The number of aryl methyl sites for hydroxylation is 1. The van der Waals surface area contributed by atoms with Crippen molar-refractivity contribution in [3.05, 3.63) is 71.9 Å². The van der Waals surface area contributed by atoms with Crippen LogP contribution < -0.4 is 25.6 Å². The summed E-state index contributed by atoms with van der Waals surface area (Å²) in [5, 5.41) is 10.1. The Morgan fingerprint density at radius 1 is 1.14 bits per heavy atom. The summed E-state index contributed by atoms with van der Waals surface area (Å²) in [6.45, 7) is 4.98. The fraction of sp³-hybridized carbons (Fsp3) is 0.321. The van der Waals surface area contributed by atoms with E-state index in [-0.39, 0.29) is 18.0 Å². The molecule has 0 aliphatic carbocycles. The number of piperidine rings is 1. The number of carbonyl (C=O) groups is 2. The fourth-order valence-corrected chi connectivity index (χ4v) is 6.61. The molecule has 8 nitrogen and oxygen atoms in total. The van der Waals surface area contributed by atoms with Gasteiger partial charge in [-0.05, 0) is 75.2 Å². The average Bonchev–Trinajstić information content (AvgIpc) is 3.25. The lowest BCUT2D eigenvalue weighted by molar-refractivity contribution is -0.121. The van der Waals surface area contributed by atoms with Gasteiger partial charge in [-0.3, -0.25) is 9.69 Å². The van der Waals surface area contributed by atoms with E-state index in [1.807, 2.05) is 61.5 Å². The normalized spacial score (nSPS) is 24.3. The number of benzene rings is 2. The van der Waals surface area contributed by atoms with E-state index in [1.165, 1.54) is 11.8 Å². The second kappa shape index (κ2) is 9.72. The smallest absolute Gasteiger partial charge is 0.327 e. The zero-order valence-corrected chi connectivity index (χ0v) is 21.5. The van der Waals surface area contributed by atoms with Crippen LogP contribution in [0.15, 0.2) is 65.8 Å². The first-order valence-corrected chi connectivity index (χ1v) is 13.5. The monoisotopic (exact) mass is 515 g/mol. The first-order valence-electron chi connectivity index (χ1n) is 12.6. The molecule has 1 fully saturated rings. The van der Waals surface area contributed by atoms with Crippen LogP contribution in [0.3, 0.4) is 0 Å². The van der Waals surface area contributed by atoms with Gasteiger partial charge in [-0.1, -0.05) is 30.0 Å². The van der Waals surface area contributed by atoms with E-state index in [4.69, 9.17) is 4.74 Å². The van der Waals surface area contributed by atoms with Crippen LogP contribution in [0.25, 0.3) is 0 Å². The van der Waals surface area contributed by atoms with Crippen LogP contribution in [0.4, 0.5) is 16.2 Å². The molecule has 1 aromatic heterocycles. The van der Waals surface area contributed by atoms with E-state index < -0.39 is 11.3 Å². The minimum atomic E-state index is -0.456. The number of hydrogen-bond donors (Lipinski definition) is 3. The van der Waals surface area contributed by atoms with Crippen LogP contribution in [-0.4, -0.2) is 40.8 Å². The summed E-state index contributed by atoms with van der Waals surface area (Å²) in [5.41, 5.74) is 3.31. The predicted molar refractivity (Wildman–Crippen MR) is 144 cm³/mol. The summed E-state index contributed by atoms with van der Waals surface area (Å²) in [6, 6.07) is 17.0. The molecule has 3 amide bonds. The van der Waals surface area contributed by atoms with Crippen molar-refractivity contribution in [3.63, 3.8) is 0 Å². The molecule has 4 heterocycles. The molecule has 190 valence electrons. The molecule has 1 saturated heterocycles. The number of ether oxygens (including phenoxy) is 1. The molecule has 3 N–H and O–H groups in total. The molecule has 6 rings (SSSR count). The van der Waals surface area contributed by atoms with E-state index in [0.29, 0.717) is 11.8 Å². The Morgan fingerprint density at radius 3 is 2.76 bits per heavy atom. The van der Waals surface area contributed by atoms with Crippen molar-refractivity contribution in [2.24, 2.45) is 0 Å². The standard InChI is InChI=1S/C28H29N5O3S/c1-16-14-20(36-19-6-4-3-5-7-19)8-9-21(16)33-22-11-13-30-27-23(22)24(32-28(33)35)25(37-27)26(34)31-18-10-12-29-17(2)15-18/h3-9,11,13-14,17-18,24-25,29H,10,12,15H2,1-2H3,(H,31,34)(H,32,35)/t17?,18-,24?,25?/m1/s1. The molecule has 3 aliphatic heterocycles. The number of rotatable bonds is 5. The minimum absolute atomic E-state index is 0.0506. The molecule has 37 heavy (non-hydrogen) atoms. The third kappa shape index (κ3) is 4.53. The highest BCUT2D eigenvalue weighted by Gasteiger charge is 2.47. The largest absolute Gasteiger partial charge is 0.457 e. The number of carbonyl (C=O) groups excluding carboxylic acids is 2. The first kappa shape index (κ1) is 23.8. The SMILES string of the molecule is Cc1cc(Oc2ccccc2)ccc1N1C(=O)NC2c3c1ccnc3SC2C(=O)N[C@@H]1CCNC(C)C1. The van der Waals surface area contributed by atoms with Crippen LogP contribution in [0.5, 0.6) is 11.5 Å². The third-order valence-electron chi connectivity index (χ3n) is 7.12. The highest BCUT2D eigenvalue weighted by atomic mass is 32.2. The van der Waals surface area contributed by atoms with Crippen LogP contribution in [0.2, 0.25) is 0 Å². The molecule has 0 saturated carbocycles. The second-order valence-corrected chi connectivity index (χ2v) is 10.9. The summed E-state index contributed by atoms with van der Waals surface area (Å²) < 4.78 is 5.97. The molecule has 0 spiro atoms. The number of pyridine rings is 1. The van der Waals surface area contributed by atoms with Gasteiger partial charge in [0, 0.05) is 23.8 Å². The van der Waals surface area contributed by atoms with Gasteiger partial charge in [-0.25, -0.2) is 9.78 Å². The molecular formula is C28H29N5O3S. The summed E-state index contributed by atoms with van der Waals surface area (Å²) in [6.07, 6.45) is 3.51. The lowest BCUT2D eigenvalue weighted by Crippen LogP contribution is -2.52. The number of thioether (sulfide) groups is 1. The van der Waals surface area contributed by atoms with Crippen LogP contribution in [0, 0.1) is 6.92 Å². The highest BCUT2D eigenvalue weighted by molar-refractivity contribution is 8.01. The van der Waals surface area contributed by atoms with Gasteiger partial charge in [0.1, 0.15) is 21.8 Å². The van der Waals surface area contributed by atoms with Crippen LogP contribution >= 0.6 is 11.8 Å². The molecule has 2 aromatic carbocycles. The molecule has 3 aliphatic rings. The molecule has 9 heteroatoms. The van der Waals surface area contributed by atoms with E-state index in [0.717, 1.165) is 52.7 Å². The quantitative estimate of drug-likeness (QED) is 0.451. The van der Waals surface area contributed by atoms with Crippen molar-refractivity contribution in [2.45, 2.75) is 55.1 Å². The molecular weight excluding hydrogens is 486 g/mol. The Labute approximate surface area is 220 Å². The van der Waals surface area contributed by atoms with Crippen LogP contribution in [0.1, 0.15) is 36.9 Å². The van der Waals surface area contributed by atoms with Gasteiger partial charge in [-0.15, -0.1) is 0 Å². The Kier molecular flexibility index (Phi) is 6.26. The second-order valence-electron chi connectivity index (χ2n) is 9.80. The van der Waals surface area contributed by atoms with E-state index in [1.54, 1.807) is 11.1 Å². The van der Waals surface area contributed by atoms with E-state index >= 15 is 0 Å². The maximum Gasteiger partial charge on any atom is 0.327 e. The summed E-state index contributed by atoms with van der Waals surface area (Å²) in [7, 11) is 0. The topological polar surface area (TPSA) is 95.6 Å². The zero-order chi connectivity index (χ0) is 25.5. The number of aromatic nitrogens is 1. The maximum atomic E-state index is 13.5. The lowest BCUT2D eigenvalue weighted by atomic mass is 9.97. The Balaban J connectivity index is 1.26. The summed E-state index contributed by atoms with van der Waals surface area (Å²) in [4.78, 5) is 33.1. The Hall–Kier alpha value is -3.56. The Morgan fingerprint density at radius 2 is 1.97 bits per heavy atom. The van der Waals surface area contributed by atoms with E-state index in [9.17, 15) is 9.59 Å². The summed E-state index contributed by atoms with van der Waals surface area (Å²) in [5.74, 6) is 1.40. The first-order chi connectivity index (χ1) is 18.0. The van der Waals surface area contributed by atoms with Gasteiger partial charge in [-0.2, -0.15) is 0 Å². The number of amides is 3. The third-order valence-corrected chi connectivity index (χ3v) is 8.41. The number of nitrogens with zero attached hydrogens (tertiary/aromatic N) is 2. The minimum Gasteiger partial charge on any atom is -0.457 e. The Bertz CT molecular complexity index is 1350. The lowest BCUT2D eigenvalue weighted by Gasteiger charge is -2.35. The molecule has 3 unspecified atom stereocenters. The molecule has 0 bridgehead atoms. The number of urea groups is 1. The zero-order valence-electron chi connectivity index (χ0n) is 20.7. The van der Waals surface area contributed by atoms with Crippen molar-refractivity contribution in [2.75, 3.05) is 11.4 Å². The summed E-state index contributed by atoms with van der Waals surface area (Å²) >= 11 is 1.43. The van der Waals surface area contributed by atoms with Gasteiger partial charge < -0.3 is 20.7 Å². The number of para-hydroxylation sites is 1. The predicted octanol–water partition coefficient (Wildman–Crippen LogP) is 4.82. The molecule has 3 aromatic rings. The maximum absolute atomic E-state index is 13.5. The van der Waals surface area contributed by atoms with Crippen molar-refractivity contribution >= 4 is 35.1 Å². The van der Waals surface area contributed by atoms with Gasteiger partial charge >= 0.3 is 6.03 Å². The van der Waals surface area contributed by atoms with E-state index in [2.05, 4.69) is 27.9 Å². The number of nitrogens with one attached hydrogen (secondary N) is 3. The number of anilines is 2. The van der Waals surface area contributed by atoms with Gasteiger partial charge in [0.25, 0.3) is 0 Å². The average molecular weight is 516 g/mol. The molecule has 0 radical (unpaired) electrons. The van der Waals surface area contributed by atoms with Crippen molar-refractivity contribution < 1.29 is 14.3 Å². The van der Waals surface area contributed by atoms with Crippen molar-refractivity contribution in [1.29, 1.82) is 0 Å². The van der Waals surface area contributed by atoms with Gasteiger partial charge in [0.2, 0.25) is 5.91 Å².